The molecule has 0 bridgehead atoms. The third kappa shape index (κ3) is 7.08. The highest BCUT2D eigenvalue weighted by Gasteiger charge is 2.39. The highest BCUT2D eigenvalue weighted by atomic mass is 35.5. The lowest BCUT2D eigenvalue weighted by atomic mass is 9.96. The Labute approximate surface area is 257 Å². The highest BCUT2D eigenvalue weighted by molar-refractivity contribution is 6.33. The lowest BCUT2D eigenvalue weighted by molar-refractivity contribution is -0.136. The predicted molar refractivity (Wildman–Crippen MR) is 161 cm³/mol. The predicted octanol–water partition coefficient (Wildman–Crippen LogP) is 5.07. The van der Waals surface area contributed by atoms with Crippen LogP contribution in [0, 0.1) is 12.7 Å². The number of nitrogens with zero attached hydrogens (tertiary/aromatic N) is 3. The number of benzene rings is 3. The van der Waals surface area contributed by atoms with Crippen molar-refractivity contribution in [3.8, 4) is 28.0 Å². The van der Waals surface area contributed by atoms with E-state index in [0.29, 0.717) is 33.1 Å². The number of likely N-dealkylation sites (tertiary alicyclic amines) is 1. The van der Waals surface area contributed by atoms with Crippen molar-refractivity contribution in [3.63, 3.8) is 0 Å². The maximum atomic E-state index is 15.5. The normalized spacial score (nSPS) is 16.1. The van der Waals surface area contributed by atoms with Crippen molar-refractivity contribution in [2.75, 3.05) is 13.2 Å². The van der Waals surface area contributed by atoms with Gasteiger partial charge in [0.25, 0.3) is 5.91 Å². The lowest BCUT2D eigenvalue weighted by Crippen LogP contribution is -2.42. The molecule has 0 unspecified atom stereocenters. The van der Waals surface area contributed by atoms with Gasteiger partial charge >= 0.3 is 0 Å². The SMILES string of the molecule is Cc1ncc(-c2cc(CC(=O)N3C[C@H](F)C[C@H]3C(=O)Cc3cccc(-c4ccccc4Cl)c3F)cc(OCC(N)=O)c2)cn1. The fourth-order valence-corrected chi connectivity index (χ4v) is 5.50. The maximum Gasteiger partial charge on any atom is 0.255 e. The van der Waals surface area contributed by atoms with Crippen LogP contribution in [0.3, 0.4) is 0 Å². The second-order valence-electron chi connectivity index (χ2n) is 10.6. The number of ether oxygens (including phenoxy) is 1. The van der Waals surface area contributed by atoms with Crippen LogP contribution in [0.1, 0.15) is 23.4 Å². The smallest absolute Gasteiger partial charge is 0.255 e. The van der Waals surface area contributed by atoms with E-state index in [1.807, 2.05) is 0 Å². The molecule has 226 valence electrons. The molecule has 0 aliphatic carbocycles. The highest BCUT2D eigenvalue weighted by Crippen LogP contribution is 2.32. The average molecular weight is 619 g/mol. The Morgan fingerprint density at radius 1 is 1.00 bits per heavy atom. The van der Waals surface area contributed by atoms with E-state index in [9.17, 15) is 18.8 Å². The first kappa shape index (κ1) is 30.7. The van der Waals surface area contributed by atoms with Crippen molar-refractivity contribution >= 4 is 29.2 Å². The van der Waals surface area contributed by atoms with Crippen LogP contribution in [0.5, 0.6) is 5.75 Å². The number of rotatable bonds is 10. The molecule has 44 heavy (non-hydrogen) atoms. The molecule has 8 nitrogen and oxygen atoms in total. The Hall–Kier alpha value is -4.70. The van der Waals surface area contributed by atoms with Crippen LogP contribution in [-0.4, -0.2) is 57.8 Å². The molecule has 1 fully saturated rings. The van der Waals surface area contributed by atoms with Crippen molar-refractivity contribution in [1.82, 2.24) is 14.9 Å². The quantitative estimate of drug-likeness (QED) is 0.265. The summed E-state index contributed by atoms with van der Waals surface area (Å²) in [6, 6.07) is 15.4. The number of halogens is 3. The largest absolute Gasteiger partial charge is 0.484 e. The average Bonchev–Trinajstić information content (AvgIpc) is 3.40. The van der Waals surface area contributed by atoms with Crippen LogP contribution < -0.4 is 10.5 Å². The second-order valence-corrected chi connectivity index (χ2v) is 11.0. The molecule has 2 heterocycles. The van der Waals surface area contributed by atoms with Crippen molar-refractivity contribution in [3.05, 3.63) is 101 Å². The summed E-state index contributed by atoms with van der Waals surface area (Å²) in [7, 11) is 0. The summed E-state index contributed by atoms with van der Waals surface area (Å²) in [6.07, 6.45) is 1.15. The molecule has 1 aromatic heterocycles. The summed E-state index contributed by atoms with van der Waals surface area (Å²) in [5, 5.41) is 0.366. The Morgan fingerprint density at radius 3 is 2.45 bits per heavy atom. The van der Waals surface area contributed by atoms with Gasteiger partial charge in [-0.05, 0) is 41.8 Å². The van der Waals surface area contributed by atoms with Crippen LogP contribution in [0.4, 0.5) is 8.78 Å². The standard InChI is InChI=1S/C33H29ClF2N4O4/c1-19-38-15-23(16-39-19)22-9-20(10-25(12-22)44-18-31(37)42)11-32(43)40-17-24(35)14-29(40)30(41)13-21-5-4-7-27(33(21)36)26-6-2-3-8-28(26)34/h2-10,12,15-16,24,29H,11,13-14,17-18H2,1H3,(H2,37,42)/t24-,29+/m1/s1. The molecule has 1 saturated heterocycles. The molecule has 1 aliphatic heterocycles. The van der Waals surface area contributed by atoms with Crippen LogP contribution >= 0.6 is 11.6 Å². The van der Waals surface area contributed by atoms with Crippen molar-refractivity contribution < 1.29 is 27.9 Å². The molecule has 0 spiro atoms. The minimum absolute atomic E-state index is 0.131. The summed E-state index contributed by atoms with van der Waals surface area (Å²) < 4.78 is 35.7. The van der Waals surface area contributed by atoms with Gasteiger partial charge in [-0.2, -0.15) is 0 Å². The van der Waals surface area contributed by atoms with E-state index >= 15 is 4.39 Å². The fourth-order valence-electron chi connectivity index (χ4n) is 5.26. The number of alkyl halides is 1. The van der Waals surface area contributed by atoms with Gasteiger partial charge in [-0.15, -0.1) is 0 Å². The van der Waals surface area contributed by atoms with E-state index in [1.54, 1.807) is 73.9 Å². The number of carbonyl (C=O) groups excluding carboxylic acids is 3. The van der Waals surface area contributed by atoms with Gasteiger partial charge in [-0.3, -0.25) is 14.4 Å². The molecule has 4 aromatic rings. The number of hydrogen-bond donors (Lipinski definition) is 1. The van der Waals surface area contributed by atoms with E-state index in [4.69, 9.17) is 22.1 Å². The molecule has 0 radical (unpaired) electrons. The molecule has 2 amide bonds. The van der Waals surface area contributed by atoms with Crippen LogP contribution in [0.2, 0.25) is 5.02 Å². The van der Waals surface area contributed by atoms with Crippen LogP contribution in [0.25, 0.3) is 22.3 Å². The lowest BCUT2D eigenvalue weighted by Gasteiger charge is -2.24. The van der Waals surface area contributed by atoms with Gasteiger partial charge in [0.05, 0.1) is 19.0 Å². The zero-order chi connectivity index (χ0) is 31.4. The molecule has 3 aromatic carbocycles. The second kappa shape index (κ2) is 13.3. The van der Waals surface area contributed by atoms with Gasteiger partial charge in [0.1, 0.15) is 23.6 Å². The minimum atomic E-state index is -1.40. The van der Waals surface area contributed by atoms with Gasteiger partial charge in [0.15, 0.2) is 12.4 Å². The summed E-state index contributed by atoms with van der Waals surface area (Å²) in [4.78, 5) is 47.9. The molecular weight excluding hydrogens is 590 g/mol. The molecular formula is C33H29ClF2N4O4. The van der Waals surface area contributed by atoms with E-state index in [1.165, 1.54) is 11.0 Å². The van der Waals surface area contributed by atoms with E-state index in [0.717, 1.165) is 0 Å². The monoisotopic (exact) mass is 618 g/mol. The minimum Gasteiger partial charge on any atom is -0.484 e. The first-order chi connectivity index (χ1) is 21.1. The van der Waals surface area contributed by atoms with E-state index < -0.39 is 35.6 Å². The van der Waals surface area contributed by atoms with Crippen LogP contribution in [-0.2, 0) is 27.2 Å². The zero-order valence-corrected chi connectivity index (χ0v) is 24.6. The topological polar surface area (TPSA) is 115 Å². The summed E-state index contributed by atoms with van der Waals surface area (Å²) in [6.45, 7) is 1.12. The molecule has 5 rings (SSSR count). The van der Waals surface area contributed by atoms with Gasteiger partial charge in [-0.25, -0.2) is 18.7 Å². The third-order valence-electron chi connectivity index (χ3n) is 7.37. The van der Waals surface area contributed by atoms with E-state index in [-0.39, 0.29) is 49.3 Å². The van der Waals surface area contributed by atoms with Crippen molar-refractivity contribution in [2.45, 2.75) is 38.4 Å². The number of Topliss-reactive ketones (excluding diaryl/α,β-unsaturated/α-hetero) is 1. The zero-order valence-electron chi connectivity index (χ0n) is 23.8. The van der Waals surface area contributed by atoms with E-state index in [2.05, 4.69) is 9.97 Å². The molecule has 0 saturated carbocycles. The fraction of sp³-hybridized carbons (Fsp3) is 0.242. The van der Waals surface area contributed by atoms with Gasteiger partial charge in [0, 0.05) is 46.9 Å². The van der Waals surface area contributed by atoms with Gasteiger partial charge in [0.2, 0.25) is 5.91 Å². The summed E-state index contributed by atoms with van der Waals surface area (Å²) in [5.74, 6) is -1.35. The number of aromatic nitrogens is 2. The van der Waals surface area contributed by atoms with Crippen molar-refractivity contribution in [1.29, 1.82) is 0 Å². The Balaban J connectivity index is 1.36. The Morgan fingerprint density at radius 2 is 1.73 bits per heavy atom. The molecule has 2 N–H and O–H groups in total. The number of nitrogens with two attached hydrogens (primary N) is 1. The third-order valence-corrected chi connectivity index (χ3v) is 7.70. The number of carbonyl (C=O) groups is 3. The number of amides is 2. The molecule has 11 heteroatoms. The first-order valence-corrected chi connectivity index (χ1v) is 14.3. The Kier molecular flexibility index (Phi) is 9.29. The Bertz CT molecular complexity index is 1720. The number of aryl methyl sites for hydroxylation is 1. The molecule has 1 aliphatic rings. The van der Waals surface area contributed by atoms with Gasteiger partial charge in [-0.1, -0.05) is 54.1 Å². The number of hydrogen-bond acceptors (Lipinski definition) is 6. The summed E-state index contributed by atoms with van der Waals surface area (Å²) >= 11 is 6.27. The molecule has 2 atom stereocenters. The first-order valence-electron chi connectivity index (χ1n) is 13.9. The van der Waals surface area contributed by atoms with Crippen molar-refractivity contribution in [2.24, 2.45) is 5.73 Å². The maximum absolute atomic E-state index is 15.5. The van der Waals surface area contributed by atoms with Gasteiger partial charge < -0.3 is 15.4 Å². The number of ketones is 1. The van der Waals surface area contributed by atoms with Crippen LogP contribution in [0.15, 0.2) is 73.1 Å². The number of primary amides is 1. The summed E-state index contributed by atoms with van der Waals surface area (Å²) in [5.41, 5.74) is 7.87.